The SMILES string of the molecule is NS(=O)(=O)c1ccc(-c2cn(-c3nc(-c4ccc(Cl)c(Cl)c4)cc(C(F)(F)F)n3)cn2)cc1. The largest absolute Gasteiger partial charge is 0.433 e. The second-order valence-electron chi connectivity index (χ2n) is 6.80. The summed E-state index contributed by atoms with van der Waals surface area (Å²) in [6.45, 7) is 0. The van der Waals surface area contributed by atoms with Crippen molar-refractivity contribution in [2.24, 2.45) is 5.14 Å². The molecule has 0 radical (unpaired) electrons. The second-order valence-corrected chi connectivity index (χ2v) is 9.18. The van der Waals surface area contributed by atoms with Gasteiger partial charge >= 0.3 is 6.18 Å². The van der Waals surface area contributed by atoms with Crippen LogP contribution in [0.2, 0.25) is 10.0 Å². The minimum Gasteiger partial charge on any atom is -0.274 e. The molecule has 0 unspecified atom stereocenters. The number of hydrogen-bond donors (Lipinski definition) is 1. The molecule has 0 aliphatic carbocycles. The number of primary sulfonamides is 1. The van der Waals surface area contributed by atoms with Crippen LogP contribution in [0.3, 0.4) is 0 Å². The van der Waals surface area contributed by atoms with Gasteiger partial charge in [0.05, 0.1) is 26.3 Å². The highest BCUT2D eigenvalue weighted by Gasteiger charge is 2.34. The van der Waals surface area contributed by atoms with Gasteiger partial charge in [-0.3, -0.25) is 4.57 Å². The van der Waals surface area contributed by atoms with Crippen LogP contribution in [0.1, 0.15) is 5.69 Å². The second kappa shape index (κ2) is 8.41. The Morgan fingerprint density at radius 3 is 2.15 bits per heavy atom. The zero-order valence-corrected chi connectivity index (χ0v) is 18.6. The average Bonchev–Trinajstić information content (AvgIpc) is 3.25. The third-order valence-electron chi connectivity index (χ3n) is 4.51. The molecule has 0 fully saturated rings. The van der Waals surface area contributed by atoms with Crippen molar-refractivity contribution in [3.63, 3.8) is 0 Å². The first kappa shape index (κ1) is 23.2. The highest BCUT2D eigenvalue weighted by atomic mass is 35.5. The maximum absolute atomic E-state index is 13.5. The van der Waals surface area contributed by atoms with Gasteiger partial charge in [-0.15, -0.1) is 0 Å². The molecule has 4 rings (SSSR count). The zero-order valence-electron chi connectivity index (χ0n) is 16.3. The molecule has 0 saturated heterocycles. The molecule has 33 heavy (non-hydrogen) atoms. The molecule has 0 saturated carbocycles. The van der Waals surface area contributed by atoms with Crippen LogP contribution in [-0.2, 0) is 16.2 Å². The Balaban J connectivity index is 1.77. The zero-order chi connectivity index (χ0) is 24.0. The van der Waals surface area contributed by atoms with Crippen LogP contribution >= 0.6 is 23.2 Å². The highest BCUT2D eigenvalue weighted by Crippen LogP contribution is 2.33. The topological polar surface area (TPSA) is 104 Å². The molecule has 4 aromatic rings. The summed E-state index contributed by atoms with van der Waals surface area (Å²) in [5.74, 6) is -0.272. The Morgan fingerprint density at radius 1 is 0.879 bits per heavy atom. The summed E-state index contributed by atoms with van der Waals surface area (Å²) in [5.41, 5.74) is 0.0170. The summed E-state index contributed by atoms with van der Waals surface area (Å²) in [6, 6.07) is 10.7. The summed E-state index contributed by atoms with van der Waals surface area (Å²) < 4.78 is 64.5. The number of hydrogen-bond acceptors (Lipinski definition) is 5. The fourth-order valence-electron chi connectivity index (χ4n) is 2.90. The molecule has 0 bridgehead atoms. The summed E-state index contributed by atoms with van der Waals surface area (Å²) >= 11 is 11.9. The van der Waals surface area contributed by atoms with Gasteiger partial charge < -0.3 is 0 Å². The molecule has 0 atom stereocenters. The van der Waals surface area contributed by atoms with Crippen molar-refractivity contribution in [3.05, 3.63) is 76.8 Å². The first-order valence-corrected chi connectivity index (χ1v) is 11.3. The maximum atomic E-state index is 13.5. The molecule has 2 aromatic heterocycles. The molecule has 0 amide bonds. The van der Waals surface area contributed by atoms with Crippen LogP contribution in [0.5, 0.6) is 0 Å². The maximum Gasteiger partial charge on any atom is 0.433 e. The Bertz CT molecular complexity index is 1460. The molecule has 2 heterocycles. The van der Waals surface area contributed by atoms with Gasteiger partial charge in [0.2, 0.25) is 16.0 Å². The van der Waals surface area contributed by atoms with Crippen molar-refractivity contribution in [2.75, 3.05) is 0 Å². The number of imidazole rings is 1. The van der Waals surface area contributed by atoms with E-state index < -0.39 is 21.9 Å². The van der Waals surface area contributed by atoms with E-state index in [9.17, 15) is 21.6 Å². The molecule has 170 valence electrons. The van der Waals surface area contributed by atoms with Gasteiger partial charge in [0.25, 0.3) is 0 Å². The van der Waals surface area contributed by atoms with E-state index in [0.717, 1.165) is 6.07 Å². The van der Waals surface area contributed by atoms with Crippen LogP contribution in [0.15, 0.2) is 66.0 Å². The standard InChI is InChI=1S/C20H12Cl2F3N5O2S/c21-14-6-3-12(7-15(14)22)16-8-18(20(23,24)25)29-19(28-16)30-9-17(27-10-30)11-1-4-13(5-2-11)33(26,31)32/h1-10H,(H2,26,31,32). The molecule has 0 aliphatic heterocycles. The summed E-state index contributed by atoms with van der Waals surface area (Å²) in [5, 5.41) is 5.49. The van der Waals surface area contributed by atoms with Crippen LogP contribution in [0.25, 0.3) is 28.5 Å². The predicted octanol–water partition coefficient (Wildman–Crippen LogP) is 4.97. The van der Waals surface area contributed by atoms with Crippen LogP contribution < -0.4 is 5.14 Å². The number of halogens is 5. The van der Waals surface area contributed by atoms with Gasteiger partial charge in [-0.25, -0.2) is 28.5 Å². The number of nitrogens with two attached hydrogens (primary N) is 1. The quantitative estimate of drug-likeness (QED) is 0.414. The van der Waals surface area contributed by atoms with E-state index in [-0.39, 0.29) is 26.6 Å². The van der Waals surface area contributed by atoms with E-state index >= 15 is 0 Å². The number of aromatic nitrogens is 4. The van der Waals surface area contributed by atoms with Crippen molar-refractivity contribution >= 4 is 33.2 Å². The fraction of sp³-hybridized carbons (Fsp3) is 0.0500. The molecule has 0 spiro atoms. The van der Waals surface area contributed by atoms with E-state index in [1.165, 1.54) is 59.6 Å². The monoisotopic (exact) mass is 513 g/mol. The van der Waals surface area contributed by atoms with Crippen molar-refractivity contribution in [2.45, 2.75) is 11.1 Å². The summed E-state index contributed by atoms with van der Waals surface area (Å²) in [4.78, 5) is 11.9. The van der Waals surface area contributed by atoms with Gasteiger partial charge in [0.15, 0.2) is 5.69 Å². The number of alkyl halides is 3. The lowest BCUT2D eigenvalue weighted by molar-refractivity contribution is -0.141. The first-order valence-electron chi connectivity index (χ1n) is 9.01. The molecule has 13 heteroatoms. The lowest BCUT2D eigenvalue weighted by atomic mass is 10.1. The molecular weight excluding hydrogens is 502 g/mol. The minimum absolute atomic E-state index is 0.0151. The first-order chi connectivity index (χ1) is 15.4. The normalized spacial score (nSPS) is 12.2. The smallest absolute Gasteiger partial charge is 0.274 e. The van der Waals surface area contributed by atoms with Gasteiger partial charge in [-0.2, -0.15) is 13.2 Å². The van der Waals surface area contributed by atoms with Crippen LogP contribution in [0, 0.1) is 0 Å². The molecule has 2 aromatic carbocycles. The van der Waals surface area contributed by atoms with E-state index in [1.807, 2.05) is 0 Å². The molecule has 0 aliphatic rings. The third-order valence-corrected chi connectivity index (χ3v) is 6.18. The van der Waals surface area contributed by atoms with Crippen molar-refractivity contribution in [1.29, 1.82) is 0 Å². The van der Waals surface area contributed by atoms with E-state index in [1.54, 1.807) is 0 Å². The molecule has 7 nitrogen and oxygen atoms in total. The predicted molar refractivity (Wildman–Crippen MR) is 116 cm³/mol. The molecule has 2 N–H and O–H groups in total. The lowest BCUT2D eigenvalue weighted by Gasteiger charge is -2.11. The van der Waals surface area contributed by atoms with Crippen molar-refractivity contribution in [1.82, 2.24) is 19.5 Å². The fourth-order valence-corrected chi connectivity index (χ4v) is 3.71. The van der Waals surface area contributed by atoms with E-state index in [2.05, 4.69) is 15.0 Å². The van der Waals surface area contributed by atoms with Gasteiger partial charge in [0.1, 0.15) is 6.33 Å². The van der Waals surface area contributed by atoms with Gasteiger partial charge in [-0.1, -0.05) is 41.4 Å². The minimum atomic E-state index is -4.73. The summed E-state index contributed by atoms with van der Waals surface area (Å²) in [6.07, 6.45) is -2.06. The number of nitrogens with zero attached hydrogens (tertiary/aromatic N) is 4. The number of sulfonamides is 1. The van der Waals surface area contributed by atoms with Gasteiger partial charge in [0, 0.05) is 17.3 Å². The molecular formula is C20H12Cl2F3N5O2S. The van der Waals surface area contributed by atoms with Crippen LogP contribution in [-0.4, -0.2) is 27.9 Å². The van der Waals surface area contributed by atoms with Gasteiger partial charge in [-0.05, 0) is 30.3 Å². The summed E-state index contributed by atoms with van der Waals surface area (Å²) in [7, 11) is -3.87. The Hall–Kier alpha value is -2.99. The van der Waals surface area contributed by atoms with Crippen LogP contribution in [0.4, 0.5) is 13.2 Å². The van der Waals surface area contributed by atoms with Crippen molar-refractivity contribution < 1.29 is 21.6 Å². The number of benzene rings is 2. The highest BCUT2D eigenvalue weighted by molar-refractivity contribution is 7.89. The lowest BCUT2D eigenvalue weighted by Crippen LogP contribution is -2.12. The third kappa shape index (κ3) is 5.01. The Morgan fingerprint density at radius 2 is 1.55 bits per heavy atom. The van der Waals surface area contributed by atoms with E-state index in [4.69, 9.17) is 28.3 Å². The van der Waals surface area contributed by atoms with Crippen molar-refractivity contribution in [3.8, 4) is 28.5 Å². The average molecular weight is 514 g/mol. The Kier molecular flexibility index (Phi) is 5.91. The van der Waals surface area contributed by atoms with E-state index in [0.29, 0.717) is 16.8 Å². The Labute approximate surface area is 195 Å². The number of rotatable bonds is 4.